The van der Waals surface area contributed by atoms with Crippen molar-refractivity contribution in [1.82, 2.24) is 0 Å². The summed E-state index contributed by atoms with van der Waals surface area (Å²) in [5, 5.41) is 13.2. The van der Waals surface area contributed by atoms with Gasteiger partial charge >= 0.3 is 11.9 Å². The fraction of sp³-hybridized carbons (Fsp3) is 0.552. The first-order valence-corrected chi connectivity index (χ1v) is 12.7. The number of ether oxygens (including phenoxy) is 2. The first-order valence-electron chi connectivity index (χ1n) is 12.7. The lowest BCUT2D eigenvalue weighted by Crippen LogP contribution is -2.61. The van der Waals surface area contributed by atoms with Gasteiger partial charge in [0.1, 0.15) is 18.8 Å². The Morgan fingerprint density at radius 1 is 1.25 bits per heavy atom. The summed E-state index contributed by atoms with van der Waals surface area (Å²) >= 11 is 0. The molecule has 4 rings (SSSR count). The van der Waals surface area contributed by atoms with Gasteiger partial charge in [-0.05, 0) is 75.3 Å². The van der Waals surface area contributed by atoms with Crippen LogP contribution >= 0.6 is 0 Å². The number of aryl methyl sites for hydroxylation is 1. The van der Waals surface area contributed by atoms with E-state index in [1.54, 1.807) is 6.08 Å². The van der Waals surface area contributed by atoms with Crippen LogP contribution in [0.4, 0.5) is 5.69 Å². The normalized spacial score (nSPS) is 35.2. The number of cyclic esters (lactones) is 1. The topological polar surface area (TPSA) is 102 Å². The number of anilines is 1. The number of amides is 1. The van der Waals surface area contributed by atoms with Crippen molar-refractivity contribution in [3.8, 4) is 0 Å². The Morgan fingerprint density at radius 2 is 1.94 bits per heavy atom. The average molecular weight is 496 g/mol. The number of nitrogens with one attached hydrogen (secondary N) is 1. The summed E-state index contributed by atoms with van der Waals surface area (Å²) in [6.07, 6.45) is 3.65. The molecule has 0 radical (unpaired) electrons. The average Bonchev–Trinajstić information content (AvgIpc) is 3.14. The molecule has 3 aliphatic rings. The van der Waals surface area contributed by atoms with Crippen molar-refractivity contribution in [2.24, 2.45) is 22.7 Å². The van der Waals surface area contributed by atoms with E-state index >= 15 is 0 Å². The van der Waals surface area contributed by atoms with Gasteiger partial charge in [0.15, 0.2) is 0 Å². The lowest BCUT2D eigenvalue weighted by molar-refractivity contribution is -0.181. The van der Waals surface area contributed by atoms with E-state index < -0.39 is 29.6 Å². The zero-order valence-corrected chi connectivity index (χ0v) is 21.6. The van der Waals surface area contributed by atoms with Crippen LogP contribution in [0.3, 0.4) is 0 Å². The highest BCUT2D eigenvalue weighted by atomic mass is 16.6. The number of rotatable bonds is 5. The minimum Gasteiger partial charge on any atom is -0.461 e. The number of aliphatic hydroxyl groups excluding tert-OH is 1. The Hall–Kier alpha value is -2.93. The predicted molar refractivity (Wildman–Crippen MR) is 136 cm³/mol. The summed E-state index contributed by atoms with van der Waals surface area (Å²) in [6.45, 7) is 11.8. The number of esters is 2. The van der Waals surface area contributed by atoms with Crippen molar-refractivity contribution in [1.29, 1.82) is 0 Å². The Kier molecular flexibility index (Phi) is 7.15. The highest BCUT2D eigenvalue weighted by Gasteiger charge is 2.62. The number of aliphatic hydroxyl groups is 1. The smallest absolute Gasteiger partial charge is 0.336 e. The molecule has 1 aromatic carbocycles. The molecule has 1 saturated heterocycles. The second-order valence-corrected chi connectivity index (χ2v) is 11.1. The van der Waals surface area contributed by atoms with Crippen LogP contribution in [0.25, 0.3) is 0 Å². The van der Waals surface area contributed by atoms with Gasteiger partial charge in [0.05, 0.1) is 11.0 Å². The SMILES string of the molecule is C=C1CC[C@H]2[C@@](C)(CC[C@@H](OC(C)=O)[C@@]2(C)C(=O)Nc2ccc(C)cc2)[C@@H]1C/C=C1/C(=O)OC[C@H]1O. The molecular formula is C29H37NO6. The molecule has 1 amide bonds. The molecular weight excluding hydrogens is 458 g/mol. The fourth-order valence-corrected chi connectivity index (χ4v) is 6.80. The summed E-state index contributed by atoms with van der Waals surface area (Å²) in [4.78, 5) is 38.1. The molecule has 1 aliphatic heterocycles. The van der Waals surface area contributed by atoms with Crippen LogP contribution in [-0.4, -0.2) is 41.8 Å². The van der Waals surface area contributed by atoms with Gasteiger partial charge in [-0.2, -0.15) is 0 Å². The number of benzene rings is 1. The molecule has 1 aromatic rings. The minimum atomic E-state index is -0.957. The van der Waals surface area contributed by atoms with E-state index in [-0.39, 0.29) is 29.8 Å². The Bertz CT molecular complexity index is 1090. The van der Waals surface area contributed by atoms with Gasteiger partial charge in [0.25, 0.3) is 0 Å². The molecule has 2 saturated carbocycles. The van der Waals surface area contributed by atoms with Crippen LogP contribution in [0.5, 0.6) is 0 Å². The van der Waals surface area contributed by atoms with E-state index in [0.717, 1.165) is 30.4 Å². The van der Waals surface area contributed by atoms with Crippen LogP contribution in [-0.2, 0) is 23.9 Å². The molecule has 0 aromatic heterocycles. The van der Waals surface area contributed by atoms with Gasteiger partial charge in [0.2, 0.25) is 5.91 Å². The van der Waals surface area contributed by atoms with Crippen molar-refractivity contribution in [2.45, 2.75) is 72.0 Å². The molecule has 2 N–H and O–H groups in total. The highest BCUT2D eigenvalue weighted by Crippen LogP contribution is 2.62. The van der Waals surface area contributed by atoms with Crippen molar-refractivity contribution < 1.29 is 29.0 Å². The number of hydrogen-bond donors (Lipinski definition) is 2. The van der Waals surface area contributed by atoms with Crippen LogP contribution < -0.4 is 5.32 Å². The highest BCUT2D eigenvalue weighted by molar-refractivity contribution is 5.96. The summed E-state index contributed by atoms with van der Waals surface area (Å²) in [5.41, 5.74) is 1.91. The van der Waals surface area contributed by atoms with Crippen LogP contribution in [0.2, 0.25) is 0 Å². The van der Waals surface area contributed by atoms with Crippen molar-refractivity contribution in [2.75, 3.05) is 11.9 Å². The van der Waals surface area contributed by atoms with E-state index in [1.165, 1.54) is 6.92 Å². The van der Waals surface area contributed by atoms with Crippen molar-refractivity contribution in [3.63, 3.8) is 0 Å². The molecule has 7 heteroatoms. The maximum absolute atomic E-state index is 14.0. The Balaban J connectivity index is 1.68. The molecule has 36 heavy (non-hydrogen) atoms. The molecule has 0 bridgehead atoms. The second-order valence-electron chi connectivity index (χ2n) is 11.1. The number of allylic oxidation sites excluding steroid dienone is 2. The third kappa shape index (κ3) is 4.61. The second kappa shape index (κ2) is 9.85. The monoisotopic (exact) mass is 495 g/mol. The molecule has 7 nitrogen and oxygen atoms in total. The van der Waals surface area contributed by atoms with E-state index in [2.05, 4.69) is 18.8 Å². The van der Waals surface area contributed by atoms with Gasteiger partial charge in [-0.25, -0.2) is 4.79 Å². The van der Waals surface area contributed by atoms with E-state index in [1.807, 2.05) is 38.1 Å². The first-order chi connectivity index (χ1) is 17.0. The maximum Gasteiger partial charge on any atom is 0.336 e. The minimum absolute atomic E-state index is 0.00845. The van der Waals surface area contributed by atoms with E-state index in [0.29, 0.717) is 24.1 Å². The Morgan fingerprint density at radius 3 is 2.56 bits per heavy atom. The maximum atomic E-state index is 14.0. The van der Waals surface area contributed by atoms with Crippen LogP contribution in [0.15, 0.2) is 48.1 Å². The lowest BCUT2D eigenvalue weighted by atomic mass is 9.45. The number of fused-ring (bicyclic) bond motifs is 1. The van der Waals surface area contributed by atoms with E-state index in [9.17, 15) is 19.5 Å². The molecule has 3 fully saturated rings. The van der Waals surface area contributed by atoms with Crippen molar-refractivity contribution in [3.05, 3.63) is 53.6 Å². The molecule has 0 spiro atoms. The molecule has 1 heterocycles. The van der Waals surface area contributed by atoms with Crippen LogP contribution in [0.1, 0.15) is 58.4 Å². The van der Waals surface area contributed by atoms with Crippen molar-refractivity contribution >= 4 is 23.5 Å². The largest absolute Gasteiger partial charge is 0.461 e. The summed E-state index contributed by atoms with van der Waals surface area (Å²) in [5.74, 6) is -1.11. The lowest BCUT2D eigenvalue weighted by Gasteiger charge is -2.59. The number of carbonyl (C=O) groups is 3. The summed E-state index contributed by atoms with van der Waals surface area (Å²) in [7, 11) is 0. The van der Waals surface area contributed by atoms with Crippen LogP contribution in [0, 0.1) is 29.6 Å². The fourth-order valence-electron chi connectivity index (χ4n) is 6.80. The molecule has 194 valence electrons. The van der Waals surface area contributed by atoms with Gasteiger partial charge < -0.3 is 19.9 Å². The third-order valence-corrected chi connectivity index (χ3v) is 8.82. The zero-order valence-electron chi connectivity index (χ0n) is 21.6. The molecule has 6 atom stereocenters. The Labute approximate surface area is 212 Å². The molecule has 2 aliphatic carbocycles. The predicted octanol–water partition coefficient (Wildman–Crippen LogP) is 4.49. The van der Waals surface area contributed by atoms with E-state index in [4.69, 9.17) is 9.47 Å². The standard InChI is InChI=1S/C29H37NO6/c1-17-6-9-20(10-7-17)30-27(34)29(5)24-13-8-18(2)22(12-11-21-23(32)16-35-26(21)33)28(24,4)15-14-25(29)36-19(3)31/h6-7,9-11,22-25,32H,2,8,12-16H2,1,3-5H3,(H,30,34)/b21-11+/t22-,23-,24+,25-,28+,29+/m1/s1. The van der Waals surface area contributed by atoms with Gasteiger partial charge in [-0.15, -0.1) is 0 Å². The zero-order chi connectivity index (χ0) is 26.3. The molecule has 0 unspecified atom stereocenters. The third-order valence-electron chi connectivity index (χ3n) is 8.82. The van der Waals surface area contributed by atoms with Gasteiger partial charge in [-0.3, -0.25) is 9.59 Å². The van der Waals surface area contributed by atoms with Gasteiger partial charge in [0, 0.05) is 12.6 Å². The van der Waals surface area contributed by atoms with Gasteiger partial charge in [-0.1, -0.05) is 42.8 Å². The summed E-state index contributed by atoms with van der Waals surface area (Å²) < 4.78 is 10.8. The summed E-state index contributed by atoms with van der Waals surface area (Å²) in [6, 6.07) is 7.65. The first kappa shape index (κ1) is 26.1. The quantitative estimate of drug-likeness (QED) is 0.355. The number of hydrogen-bond acceptors (Lipinski definition) is 6. The number of carbonyl (C=O) groups excluding carboxylic acids is 3.